The summed E-state index contributed by atoms with van der Waals surface area (Å²) in [6, 6.07) is 13.5. The maximum absolute atomic E-state index is 10.2. The van der Waals surface area contributed by atoms with Crippen LogP contribution in [0.15, 0.2) is 48.7 Å². The minimum absolute atomic E-state index is 0.272. The van der Waals surface area contributed by atoms with E-state index in [1.54, 1.807) is 19.4 Å². The Kier molecular flexibility index (Phi) is 5.49. The summed E-state index contributed by atoms with van der Waals surface area (Å²) < 4.78 is 5.17. The van der Waals surface area contributed by atoms with Gasteiger partial charge in [-0.1, -0.05) is 12.1 Å². The third kappa shape index (κ3) is 4.18. The molecule has 0 atom stereocenters. The van der Waals surface area contributed by atoms with Gasteiger partial charge in [0, 0.05) is 30.4 Å². The Balaban J connectivity index is 1.72. The molecule has 0 bridgehead atoms. The van der Waals surface area contributed by atoms with Crippen molar-refractivity contribution in [1.82, 2.24) is 15.3 Å². The Morgan fingerprint density at radius 3 is 2.54 bits per heavy atom. The number of hydrogen-bond donors (Lipinski definition) is 2. The van der Waals surface area contributed by atoms with E-state index in [0.29, 0.717) is 13.1 Å². The molecule has 0 fully saturated rings. The molecule has 0 amide bonds. The van der Waals surface area contributed by atoms with Crippen molar-refractivity contribution in [3.8, 4) is 22.8 Å². The number of aryl methyl sites for hydroxylation is 2. The van der Waals surface area contributed by atoms with Crippen LogP contribution in [0.4, 0.5) is 0 Å². The second-order valence-corrected chi connectivity index (χ2v) is 6.24. The molecular formula is C21H23N3O2. The summed E-state index contributed by atoms with van der Waals surface area (Å²) in [5.41, 5.74) is 5.54. The monoisotopic (exact) mass is 349 g/mol. The highest BCUT2D eigenvalue weighted by Crippen LogP contribution is 2.26. The minimum Gasteiger partial charge on any atom is -0.508 e. The SMILES string of the molecule is COc1ccc(CNCc2cc(-c3nc(C)cnc3C)ccc2O)cc1. The zero-order chi connectivity index (χ0) is 18.5. The number of rotatable bonds is 6. The van der Waals surface area contributed by atoms with Crippen LogP contribution in [0.1, 0.15) is 22.5 Å². The van der Waals surface area contributed by atoms with Gasteiger partial charge in [-0.3, -0.25) is 4.98 Å². The van der Waals surface area contributed by atoms with Crippen molar-refractivity contribution in [3.05, 3.63) is 71.2 Å². The van der Waals surface area contributed by atoms with Crippen LogP contribution in [0.3, 0.4) is 0 Å². The lowest BCUT2D eigenvalue weighted by Crippen LogP contribution is -2.12. The number of nitrogens with zero attached hydrogens (tertiary/aromatic N) is 2. The topological polar surface area (TPSA) is 67.3 Å². The summed E-state index contributed by atoms with van der Waals surface area (Å²) >= 11 is 0. The van der Waals surface area contributed by atoms with E-state index in [4.69, 9.17) is 4.74 Å². The number of benzene rings is 2. The van der Waals surface area contributed by atoms with Gasteiger partial charge in [-0.15, -0.1) is 0 Å². The fourth-order valence-corrected chi connectivity index (χ4v) is 2.77. The number of methoxy groups -OCH3 is 1. The predicted molar refractivity (Wildman–Crippen MR) is 102 cm³/mol. The number of ether oxygens (including phenoxy) is 1. The minimum atomic E-state index is 0.272. The zero-order valence-corrected chi connectivity index (χ0v) is 15.3. The second kappa shape index (κ2) is 7.97. The number of nitrogens with one attached hydrogen (secondary N) is 1. The molecule has 134 valence electrons. The van der Waals surface area contributed by atoms with Crippen LogP contribution in [-0.2, 0) is 13.1 Å². The van der Waals surface area contributed by atoms with Gasteiger partial charge in [0.15, 0.2) is 0 Å². The van der Waals surface area contributed by atoms with Crippen LogP contribution in [0.5, 0.6) is 11.5 Å². The van der Waals surface area contributed by atoms with Crippen molar-refractivity contribution in [2.75, 3.05) is 7.11 Å². The van der Waals surface area contributed by atoms with Gasteiger partial charge in [0.25, 0.3) is 0 Å². The summed E-state index contributed by atoms with van der Waals surface area (Å²) in [6.07, 6.45) is 1.76. The van der Waals surface area contributed by atoms with Crippen molar-refractivity contribution in [1.29, 1.82) is 0 Å². The fraction of sp³-hybridized carbons (Fsp3) is 0.238. The molecule has 0 saturated carbocycles. The van der Waals surface area contributed by atoms with Gasteiger partial charge >= 0.3 is 0 Å². The first kappa shape index (κ1) is 17.9. The highest BCUT2D eigenvalue weighted by atomic mass is 16.5. The van der Waals surface area contributed by atoms with Gasteiger partial charge in [-0.05, 0) is 49.7 Å². The lowest BCUT2D eigenvalue weighted by molar-refractivity contribution is 0.414. The lowest BCUT2D eigenvalue weighted by Gasteiger charge is -2.11. The quantitative estimate of drug-likeness (QED) is 0.709. The number of phenolic OH excluding ortho intramolecular Hbond substituents is 1. The molecule has 0 aliphatic rings. The predicted octanol–water partition coefficient (Wildman–Crippen LogP) is 3.76. The molecule has 0 aliphatic heterocycles. The molecule has 0 unspecified atom stereocenters. The largest absolute Gasteiger partial charge is 0.508 e. The molecule has 3 rings (SSSR count). The first-order valence-corrected chi connectivity index (χ1v) is 8.53. The fourth-order valence-electron chi connectivity index (χ4n) is 2.77. The second-order valence-electron chi connectivity index (χ2n) is 6.24. The van der Waals surface area contributed by atoms with Gasteiger partial charge in [0.1, 0.15) is 11.5 Å². The highest BCUT2D eigenvalue weighted by molar-refractivity contribution is 5.64. The van der Waals surface area contributed by atoms with Crippen molar-refractivity contribution in [2.24, 2.45) is 0 Å². The summed E-state index contributed by atoms with van der Waals surface area (Å²) in [7, 11) is 1.66. The first-order chi connectivity index (χ1) is 12.6. The summed E-state index contributed by atoms with van der Waals surface area (Å²) in [5, 5.41) is 13.5. The van der Waals surface area contributed by atoms with E-state index in [9.17, 15) is 5.11 Å². The Bertz CT molecular complexity index is 892. The molecule has 5 heteroatoms. The smallest absolute Gasteiger partial charge is 0.120 e. The Hall–Kier alpha value is -2.92. The van der Waals surface area contributed by atoms with E-state index in [0.717, 1.165) is 39.5 Å². The molecule has 1 aromatic heterocycles. The van der Waals surface area contributed by atoms with Crippen molar-refractivity contribution >= 4 is 0 Å². The van der Waals surface area contributed by atoms with Crippen molar-refractivity contribution < 1.29 is 9.84 Å². The highest BCUT2D eigenvalue weighted by Gasteiger charge is 2.09. The number of aromatic nitrogens is 2. The summed E-state index contributed by atoms with van der Waals surface area (Å²) in [5.74, 6) is 1.11. The lowest BCUT2D eigenvalue weighted by atomic mass is 10.0. The van der Waals surface area contributed by atoms with E-state index in [1.165, 1.54) is 0 Å². The van der Waals surface area contributed by atoms with Crippen LogP contribution in [0, 0.1) is 13.8 Å². The van der Waals surface area contributed by atoms with Crippen LogP contribution >= 0.6 is 0 Å². The normalized spacial score (nSPS) is 10.7. The Labute approximate surface area is 153 Å². The maximum Gasteiger partial charge on any atom is 0.120 e. The van der Waals surface area contributed by atoms with Gasteiger partial charge in [0.05, 0.1) is 24.2 Å². The van der Waals surface area contributed by atoms with Gasteiger partial charge in [-0.2, -0.15) is 0 Å². The summed E-state index contributed by atoms with van der Waals surface area (Å²) in [6.45, 7) is 5.13. The van der Waals surface area contributed by atoms with E-state index in [2.05, 4.69) is 15.3 Å². The maximum atomic E-state index is 10.2. The molecule has 2 N–H and O–H groups in total. The van der Waals surface area contributed by atoms with E-state index >= 15 is 0 Å². The van der Waals surface area contributed by atoms with Gasteiger partial charge in [0.2, 0.25) is 0 Å². The van der Waals surface area contributed by atoms with Gasteiger partial charge < -0.3 is 15.2 Å². The Morgan fingerprint density at radius 2 is 1.81 bits per heavy atom. The van der Waals surface area contributed by atoms with E-state index in [1.807, 2.05) is 50.2 Å². The first-order valence-electron chi connectivity index (χ1n) is 8.53. The molecule has 0 aliphatic carbocycles. The van der Waals surface area contributed by atoms with E-state index < -0.39 is 0 Å². The van der Waals surface area contributed by atoms with Gasteiger partial charge in [-0.25, -0.2) is 4.98 Å². The van der Waals surface area contributed by atoms with Crippen LogP contribution in [0.25, 0.3) is 11.3 Å². The molecule has 0 saturated heterocycles. The zero-order valence-electron chi connectivity index (χ0n) is 15.3. The molecule has 0 spiro atoms. The van der Waals surface area contributed by atoms with Crippen molar-refractivity contribution in [3.63, 3.8) is 0 Å². The summed E-state index contributed by atoms with van der Waals surface area (Å²) in [4.78, 5) is 8.95. The van der Waals surface area contributed by atoms with Crippen LogP contribution in [-0.4, -0.2) is 22.2 Å². The standard InChI is InChI=1S/C21H23N3O2/c1-14-11-23-15(2)21(24-14)17-6-9-20(25)18(10-17)13-22-12-16-4-7-19(26-3)8-5-16/h4-11,22,25H,12-13H2,1-3H3. The molecular weight excluding hydrogens is 326 g/mol. The molecule has 1 heterocycles. The molecule has 0 radical (unpaired) electrons. The van der Waals surface area contributed by atoms with Crippen molar-refractivity contribution in [2.45, 2.75) is 26.9 Å². The molecule has 26 heavy (non-hydrogen) atoms. The number of hydrogen-bond acceptors (Lipinski definition) is 5. The van der Waals surface area contributed by atoms with Crippen LogP contribution in [0.2, 0.25) is 0 Å². The Morgan fingerprint density at radius 1 is 1.04 bits per heavy atom. The van der Waals surface area contributed by atoms with E-state index in [-0.39, 0.29) is 5.75 Å². The van der Waals surface area contributed by atoms with Crippen LogP contribution < -0.4 is 10.1 Å². The average Bonchev–Trinajstić information content (AvgIpc) is 2.66. The third-order valence-corrected chi connectivity index (χ3v) is 4.23. The average molecular weight is 349 g/mol. The molecule has 2 aromatic carbocycles. The molecule has 3 aromatic rings. The third-order valence-electron chi connectivity index (χ3n) is 4.23. The molecule has 5 nitrogen and oxygen atoms in total. The number of aromatic hydroxyl groups is 1. The number of phenols is 1.